The predicted molar refractivity (Wildman–Crippen MR) is 32.3 cm³/mol. The molecule has 0 saturated carbocycles. The van der Waals surface area contributed by atoms with Crippen molar-refractivity contribution in [3.8, 4) is 0 Å². The number of hydrogen-bond acceptors (Lipinski definition) is 0. The first-order valence-electron chi connectivity index (χ1n) is 1.95. The standard InChI is InChI=1S/C4H8ClS/c1-4(2-5)3-6/h4H,2-3H2,1H3. The maximum atomic E-state index is 5.39. The van der Waals surface area contributed by atoms with E-state index in [1.165, 1.54) is 0 Å². The molecule has 0 aliphatic heterocycles. The molecule has 0 rings (SSSR count). The second kappa shape index (κ2) is 3.82. The zero-order valence-corrected chi connectivity index (χ0v) is 5.35. The molecule has 0 aliphatic rings. The molecule has 6 heavy (non-hydrogen) atoms. The lowest BCUT2D eigenvalue weighted by molar-refractivity contribution is 0.762. The monoisotopic (exact) mass is 123 g/mol. The minimum absolute atomic E-state index is 0.515. The zero-order valence-electron chi connectivity index (χ0n) is 3.78. The van der Waals surface area contributed by atoms with Crippen LogP contribution >= 0.6 is 24.2 Å². The summed E-state index contributed by atoms with van der Waals surface area (Å²) >= 11 is 10.1. The topological polar surface area (TPSA) is 0 Å². The van der Waals surface area contributed by atoms with E-state index in [2.05, 4.69) is 12.6 Å². The van der Waals surface area contributed by atoms with Crippen molar-refractivity contribution in [2.75, 3.05) is 11.6 Å². The van der Waals surface area contributed by atoms with Gasteiger partial charge in [0.15, 0.2) is 0 Å². The van der Waals surface area contributed by atoms with Gasteiger partial charge in [0.1, 0.15) is 0 Å². The number of halogens is 1. The molecule has 0 aliphatic carbocycles. The van der Waals surface area contributed by atoms with Crippen molar-refractivity contribution >= 4 is 24.2 Å². The Morgan fingerprint density at radius 2 is 2.33 bits per heavy atom. The summed E-state index contributed by atoms with van der Waals surface area (Å²) in [6.45, 7) is 2.04. The Balaban J connectivity index is 2.75. The molecule has 0 fully saturated rings. The molecule has 0 bridgehead atoms. The van der Waals surface area contributed by atoms with Gasteiger partial charge >= 0.3 is 0 Å². The fourth-order valence-corrected chi connectivity index (χ4v) is 0.401. The van der Waals surface area contributed by atoms with Crippen LogP contribution in [0.5, 0.6) is 0 Å². The molecule has 0 saturated heterocycles. The largest absolute Gasteiger partial charge is 0.126 e. The summed E-state index contributed by atoms with van der Waals surface area (Å²) in [5, 5.41) is 0. The third-order valence-electron chi connectivity index (χ3n) is 0.548. The van der Waals surface area contributed by atoms with Crippen LogP contribution in [-0.4, -0.2) is 11.6 Å². The molecule has 0 aromatic heterocycles. The van der Waals surface area contributed by atoms with Crippen molar-refractivity contribution in [3.05, 3.63) is 0 Å². The first-order chi connectivity index (χ1) is 2.81. The van der Waals surface area contributed by atoms with Crippen LogP contribution in [0.25, 0.3) is 0 Å². The molecule has 1 unspecified atom stereocenters. The van der Waals surface area contributed by atoms with Crippen LogP contribution in [0.15, 0.2) is 0 Å². The quantitative estimate of drug-likeness (QED) is 0.493. The van der Waals surface area contributed by atoms with Crippen molar-refractivity contribution in [2.24, 2.45) is 5.92 Å². The highest BCUT2D eigenvalue weighted by Gasteiger charge is 1.92. The van der Waals surface area contributed by atoms with Crippen molar-refractivity contribution < 1.29 is 0 Å². The van der Waals surface area contributed by atoms with Crippen molar-refractivity contribution in [1.29, 1.82) is 0 Å². The third kappa shape index (κ3) is 2.86. The molecule has 1 radical (unpaired) electrons. The minimum atomic E-state index is 0.515. The summed E-state index contributed by atoms with van der Waals surface area (Å²) in [4.78, 5) is 0. The molecular formula is C4H8ClS. The van der Waals surface area contributed by atoms with Gasteiger partial charge < -0.3 is 0 Å². The highest BCUT2D eigenvalue weighted by molar-refractivity contribution is 7.80. The molecule has 0 spiro atoms. The fourth-order valence-electron chi connectivity index (χ4n) is 0.0445. The van der Waals surface area contributed by atoms with Crippen LogP contribution in [0.1, 0.15) is 6.92 Å². The highest BCUT2D eigenvalue weighted by Crippen LogP contribution is 1.97. The predicted octanol–water partition coefficient (Wildman–Crippen LogP) is 2.06. The maximum absolute atomic E-state index is 5.39. The Labute approximate surface area is 49.3 Å². The first kappa shape index (κ1) is 6.64. The number of hydrogen-bond donors (Lipinski definition) is 0. The maximum Gasteiger partial charge on any atom is 0.0257 e. The zero-order chi connectivity index (χ0) is 4.99. The van der Waals surface area contributed by atoms with Crippen molar-refractivity contribution in [3.63, 3.8) is 0 Å². The molecule has 0 nitrogen and oxygen atoms in total. The smallest absolute Gasteiger partial charge is 0.0257 e. The van der Waals surface area contributed by atoms with Crippen LogP contribution < -0.4 is 0 Å². The summed E-state index contributed by atoms with van der Waals surface area (Å²) in [6.07, 6.45) is 0. The third-order valence-corrected chi connectivity index (χ3v) is 1.64. The van der Waals surface area contributed by atoms with Gasteiger partial charge in [-0.2, -0.15) is 0 Å². The van der Waals surface area contributed by atoms with Gasteiger partial charge in [0.25, 0.3) is 0 Å². The fraction of sp³-hybridized carbons (Fsp3) is 1.00. The van der Waals surface area contributed by atoms with E-state index < -0.39 is 0 Å². The van der Waals surface area contributed by atoms with Gasteiger partial charge in [0.05, 0.1) is 0 Å². The molecule has 0 amide bonds. The highest BCUT2D eigenvalue weighted by atomic mass is 35.5. The van der Waals surface area contributed by atoms with E-state index in [0.717, 1.165) is 5.75 Å². The summed E-state index contributed by atoms with van der Waals surface area (Å²) in [6, 6.07) is 0. The Morgan fingerprint density at radius 1 is 1.83 bits per heavy atom. The molecule has 37 valence electrons. The average molecular weight is 124 g/mol. The van der Waals surface area contributed by atoms with Crippen LogP contribution in [0.3, 0.4) is 0 Å². The average Bonchev–Trinajstić information content (AvgIpc) is 1.65. The van der Waals surface area contributed by atoms with Crippen LogP contribution in [0.4, 0.5) is 0 Å². The Morgan fingerprint density at radius 3 is 2.33 bits per heavy atom. The lowest BCUT2D eigenvalue weighted by atomic mass is 10.3. The molecule has 2 heteroatoms. The molecule has 0 aromatic rings. The van der Waals surface area contributed by atoms with E-state index >= 15 is 0 Å². The summed E-state index contributed by atoms with van der Waals surface area (Å²) in [5.41, 5.74) is 0. The van der Waals surface area contributed by atoms with Crippen LogP contribution in [-0.2, 0) is 0 Å². The Bertz CT molecular complexity index is 26.7. The van der Waals surface area contributed by atoms with Gasteiger partial charge in [-0.3, -0.25) is 0 Å². The van der Waals surface area contributed by atoms with Gasteiger partial charge in [0.2, 0.25) is 0 Å². The van der Waals surface area contributed by atoms with Crippen LogP contribution in [0, 0.1) is 5.92 Å². The number of alkyl halides is 1. The molecule has 0 heterocycles. The minimum Gasteiger partial charge on any atom is -0.126 e. The van der Waals surface area contributed by atoms with E-state index in [9.17, 15) is 0 Å². The van der Waals surface area contributed by atoms with E-state index in [1.807, 2.05) is 6.92 Å². The summed E-state index contributed by atoms with van der Waals surface area (Å²) in [7, 11) is 0. The molecule has 0 N–H and O–H groups in total. The SMILES string of the molecule is CC(C[S])CCl. The van der Waals surface area contributed by atoms with Gasteiger partial charge in [-0.15, -0.1) is 11.6 Å². The molecular weight excluding hydrogens is 116 g/mol. The van der Waals surface area contributed by atoms with Gasteiger partial charge in [-0.05, 0) is 5.92 Å². The summed E-state index contributed by atoms with van der Waals surface area (Å²) < 4.78 is 0. The first-order valence-corrected chi connectivity index (χ1v) is 3.06. The Kier molecular flexibility index (Phi) is 4.22. The molecule has 0 aromatic carbocycles. The lowest BCUT2D eigenvalue weighted by Crippen LogP contribution is -1.95. The Hall–Kier alpha value is 0.640. The molecule has 1 atom stereocenters. The second-order valence-electron chi connectivity index (χ2n) is 1.43. The van der Waals surface area contributed by atoms with Crippen molar-refractivity contribution in [1.82, 2.24) is 0 Å². The van der Waals surface area contributed by atoms with E-state index in [0.29, 0.717) is 11.8 Å². The van der Waals surface area contributed by atoms with Gasteiger partial charge in [-0.1, -0.05) is 19.6 Å². The number of rotatable bonds is 2. The second-order valence-corrected chi connectivity index (χ2v) is 2.07. The van der Waals surface area contributed by atoms with Crippen LogP contribution in [0.2, 0.25) is 0 Å². The lowest BCUT2D eigenvalue weighted by Gasteiger charge is -1.95. The summed E-state index contributed by atoms with van der Waals surface area (Å²) in [5.74, 6) is 1.99. The van der Waals surface area contributed by atoms with E-state index in [-0.39, 0.29) is 0 Å². The van der Waals surface area contributed by atoms with E-state index in [1.54, 1.807) is 0 Å². The van der Waals surface area contributed by atoms with Gasteiger partial charge in [0, 0.05) is 11.6 Å². The van der Waals surface area contributed by atoms with E-state index in [4.69, 9.17) is 11.6 Å². The van der Waals surface area contributed by atoms with Crippen molar-refractivity contribution in [2.45, 2.75) is 6.92 Å². The van der Waals surface area contributed by atoms with Gasteiger partial charge in [-0.25, -0.2) is 0 Å². The normalized spacial score (nSPS) is 14.5.